The Balaban J connectivity index is 1.56. The molecule has 3 heteroatoms. The molecule has 2 nitrogen and oxygen atoms in total. The van der Waals surface area contributed by atoms with Crippen molar-refractivity contribution >= 4 is 22.5 Å². The van der Waals surface area contributed by atoms with E-state index >= 15 is 0 Å². The van der Waals surface area contributed by atoms with Crippen molar-refractivity contribution in [2.24, 2.45) is 0 Å². The van der Waals surface area contributed by atoms with E-state index in [1.807, 2.05) is 18.2 Å². The molecular formula is C29H25ClN2. The minimum atomic E-state index is -0.451. The van der Waals surface area contributed by atoms with Gasteiger partial charge >= 0.3 is 0 Å². The molecule has 2 N–H and O–H groups in total. The van der Waals surface area contributed by atoms with Crippen LogP contribution in [-0.4, -0.2) is 11.5 Å². The minimum absolute atomic E-state index is 0.451. The van der Waals surface area contributed by atoms with E-state index in [4.69, 9.17) is 11.6 Å². The third-order valence-electron chi connectivity index (χ3n) is 6.13. The summed E-state index contributed by atoms with van der Waals surface area (Å²) in [5.41, 5.74) is 5.59. The van der Waals surface area contributed by atoms with E-state index in [0.717, 1.165) is 23.5 Å². The maximum Gasteiger partial charge on any atom is 0.0948 e. The number of fused-ring (bicyclic) bond motifs is 1. The van der Waals surface area contributed by atoms with E-state index in [1.54, 1.807) is 0 Å². The van der Waals surface area contributed by atoms with E-state index in [2.05, 4.69) is 107 Å². The van der Waals surface area contributed by atoms with Gasteiger partial charge in [0.1, 0.15) is 0 Å². The first-order valence-corrected chi connectivity index (χ1v) is 11.3. The van der Waals surface area contributed by atoms with Gasteiger partial charge in [-0.3, -0.25) is 5.32 Å². The number of H-pyrrole nitrogens is 1. The zero-order valence-electron chi connectivity index (χ0n) is 17.8. The molecule has 0 unspecified atom stereocenters. The molecule has 0 spiro atoms. The van der Waals surface area contributed by atoms with Crippen molar-refractivity contribution in [3.8, 4) is 0 Å². The number of rotatable bonds is 7. The van der Waals surface area contributed by atoms with E-state index in [9.17, 15) is 0 Å². The summed E-state index contributed by atoms with van der Waals surface area (Å²) in [6.07, 6.45) is 2.98. The third-order valence-corrected chi connectivity index (χ3v) is 6.37. The van der Waals surface area contributed by atoms with E-state index in [1.165, 1.54) is 27.6 Å². The first kappa shape index (κ1) is 20.6. The number of hydrogen-bond donors (Lipinski definition) is 2. The molecule has 0 fully saturated rings. The van der Waals surface area contributed by atoms with Crippen molar-refractivity contribution in [3.05, 3.63) is 143 Å². The fourth-order valence-corrected chi connectivity index (χ4v) is 4.78. The van der Waals surface area contributed by atoms with Gasteiger partial charge in [-0.15, -0.1) is 0 Å². The largest absolute Gasteiger partial charge is 0.361 e. The van der Waals surface area contributed by atoms with Crippen molar-refractivity contribution in [2.45, 2.75) is 12.0 Å². The second-order valence-electron chi connectivity index (χ2n) is 8.03. The SMILES string of the molecule is Clc1ccc2[nH]cc(CCNC(c3ccccc3)(c3ccccc3)c3ccccc3)c2c1. The lowest BCUT2D eigenvalue weighted by molar-refractivity contribution is 0.476. The van der Waals surface area contributed by atoms with Gasteiger partial charge in [-0.25, -0.2) is 0 Å². The van der Waals surface area contributed by atoms with Crippen LogP contribution in [-0.2, 0) is 12.0 Å². The molecule has 0 radical (unpaired) electrons. The van der Waals surface area contributed by atoms with E-state index in [0.29, 0.717) is 0 Å². The lowest BCUT2D eigenvalue weighted by Gasteiger charge is -2.37. The summed E-state index contributed by atoms with van der Waals surface area (Å²) >= 11 is 6.26. The second kappa shape index (κ2) is 9.04. The third kappa shape index (κ3) is 3.84. The van der Waals surface area contributed by atoms with Crippen LogP contribution in [0.3, 0.4) is 0 Å². The lowest BCUT2D eigenvalue weighted by atomic mass is 9.77. The van der Waals surface area contributed by atoms with Crippen LogP contribution < -0.4 is 5.32 Å². The summed E-state index contributed by atoms with van der Waals surface area (Å²) in [4.78, 5) is 3.37. The first-order valence-electron chi connectivity index (χ1n) is 10.9. The summed E-state index contributed by atoms with van der Waals surface area (Å²) in [5.74, 6) is 0. The Labute approximate surface area is 193 Å². The Bertz CT molecular complexity index is 1200. The average Bonchev–Trinajstić information content (AvgIpc) is 3.25. The highest BCUT2D eigenvalue weighted by Crippen LogP contribution is 2.36. The highest BCUT2D eigenvalue weighted by molar-refractivity contribution is 6.31. The van der Waals surface area contributed by atoms with Crippen LogP contribution in [0.1, 0.15) is 22.3 Å². The topological polar surface area (TPSA) is 27.8 Å². The summed E-state index contributed by atoms with van der Waals surface area (Å²) in [7, 11) is 0. The Morgan fingerprint density at radius 1 is 0.688 bits per heavy atom. The molecule has 1 heterocycles. The number of hydrogen-bond acceptors (Lipinski definition) is 1. The summed E-state index contributed by atoms with van der Waals surface area (Å²) in [6, 6.07) is 38.1. The molecular weight excluding hydrogens is 412 g/mol. The van der Waals surface area contributed by atoms with Crippen molar-refractivity contribution in [1.29, 1.82) is 0 Å². The van der Waals surface area contributed by atoms with Gasteiger partial charge in [-0.2, -0.15) is 0 Å². The van der Waals surface area contributed by atoms with Crippen molar-refractivity contribution < 1.29 is 0 Å². The lowest BCUT2D eigenvalue weighted by Crippen LogP contribution is -2.45. The first-order chi connectivity index (χ1) is 15.8. The van der Waals surface area contributed by atoms with E-state index in [-0.39, 0.29) is 0 Å². The standard InChI is InChI=1S/C29H25ClN2/c30-26-16-17-28-27(20-26)22(21-31-28)18-19-32-29(23-10-4-1-5-11-23,24-12-6-2-7-13-24)25-14-8-3-9-15-25/h1-17,20-21,31-32H,18-19H2. The van der Waals surface area contributed by atoms with Crippen molar-refractivity contribution in [2.75, 3.05) is 6.54 Å². The van der Waals surface area contributed by atoms with Crippen LogP contribution in [0.2, 0.25) is 5.02 Å². The van der Waals surface area contributed by atoms with Crippen LogP contribution in [0.5, 0.6) is 0 Å². The van der Waals surface area contributed by atoms with Gasteiger partial charge in [0.25, 0.3) is 0 Å². The van der Waals surface area contributed by atoms with Crippen molar-refractivity contribution in [3.63, 3.8) is 0 Å². The number of aromatic nitrogens is 1. The van der Waals surface area contributed by atoms with Gasteiger partial charge in [0, 0.05) is 28.7 Å². The second-order valence-corrected chi connectivity index (χ2v) is 8.47. The summed E-state index contributed by atoms with van der Waals surface area (Å²) < 4.78 is 0. The molecule has 0 aliphatic carbocycles. The maximum absolute atomic E-state index is 6.26. The van der Waals surface area contributed by atoms with Gasteiger partial charge in [-0.05, 0) is 46.9 Å². The van der Waals surface area contributed by atoms with Crippen LogP contribution in [0, 0.1) is 0 Å². The van der Waals surface area contributed by atoms with Crippen LogP contribution in [0.4, 0.5) is 0 Å². The molecule has 0 bridgehead atoms. The van der Waals surface area contributed by atoms with Crippen molar-refractivity contribution in [1.82, 2.24) is 10.3 Å². The summed E-state index contributed by atoms with van der Waals surface area (Å²) in [5, 5.41) is 5.90. The minimum Gasteiger partial charge on any atom is -0.361 e. The van der Waals surface area contributed by atoms with Crippen LogP contribution in [0.25, 0.3) is 10.9 Å². The fraction of sp³-hybridized carbons (Fsp3) is 0.103. The van der Waals surface area contributed by atoms with E-state index < -0.39 is 5.54 Å². The Morgan fingerprint density at radius 3 is 1.75 bits per heavy atom. The number of halogens is 1. The van der Waals surface area contributed by atoms with Crippen LogP contribution >= 0.6 is 11.6 Å². The number of nitrogens with one attached hydrogen (secondary N) is 2. The highest BCUT2D eigenvalue weighted by atomic mass is 35.5. The zero-order valence-corrected chi connectivity index (χ0v) is 18.5. The normalized spacial score (nSPS) is 11.7. The smallest absolute Gasteiger partial charge is 0.0948 e. The Kier molecular flexibility index (Phi) is 5.81. The molecule has 1 aromatic heterocycles. The average molecular weight is 437 g/mol. The molecule has 5 rings (SSSR count). The predicted molar refractivity (Wildman–Crippen MR) is 134 cm³/mol. The van der Waals surface area contributed by atoms with Gasteiger partial charge in [0.05, 0.1) is 5.54 Å². The number of benzene rings is 4. The molecule has 0 aliphatic rings. The van der Waals surface area contributed by atoms with Gasteiger partial charge in [0.15, 0.2) is 0 Å². The van der Waals surface area contributed by atoms with Gasteiger partial charge in [0.2, 0.25) is 0 Å². The molecule has 4 aromatic carbocycles. The Morgan fingerprint density at radius 2 is 1.22 bits per heavy atom. The molecule has 32 heavy (non-hydrogen) atoms. The zero-order chi connectivity index (χ0) is 21.8. The molecule has 0 aliphatic heterocycles. The molecule has 0 saturated heterocycles. The van der Waals surface area contributed by atoms with Crippen LogP contribution in [0.15, 0.2) is 115 Å². The molecule has 0 saturated carbocycles. The molecule has 0 amide bonds. The monoisotopic (exact) mass is 436 g/mol. The molecule has 0 atom stereocenters. The number of aromatic amines is 1. The summed E-state index contributed by atoms with van der Waals surface area (Å²) in [6.45, 7) is 0.804. The molecule has 5 aromatic rings. The van der Waals surface area contributed by atoms with Gasteiger partial charge < -0.3 is 4.98 Å². The van der Waals surface area contributed by atoms with Gasteiger partial charge in [-0.1, -0.05) is 103 Å². The quantitative estimate of drug-likeness (QED) is 0.265. The highest BCUT2D eigenvalue weighted by Gasteiger charge is 2.35. The Hall–Kier alpha value is -3.33. The molecule has 158 valence electrons. The maximum atomic E-state index is 6.26. The fourth-order valence-electron chi connectivity index (χ4n) is 4.61. The predicted octanol–water partition coefficient (Wildman–Crippen LogP) is 6.95.